The van der Waals surface area contributed by atoms with Crippen LogP contribution in [0.25, 0.3) is 0 Å². The summed E-state index contributed by atoms with van der Waals surface area (Å²) in [4.78, 5) is 11.6. The fourth-order valence-corrected chi connectivity index (χ4v) is 2.26. The minimum absolute atomic E-state index is 0.0830. The topological polar surface area (TPSA) is 59.6 Å². The summed E-state index contributed by atoms with van der Waals surface area (Å²) in [6.07, 6.45) is 1.18. The number of carbonyl (C=O) groups excluding carboxylic acids is 1. The minimum atomic E-state index is -0.496. The Bertz CT molecular complexity index is 529. The van der Waals surface area contributed by atoms with Crippen molar-refractivity contribution < 1.29 is 18.7 Å². The van der Waals surface area contributed by atoms with E-state index in [0.29, 0.717) is 13.2 Å². The molecule has 6 heteroatoms. The van der Waals surface area contributed by atoms with Crippen LogP contribution in [0, 0.1) is 12.7 Å². The smallest absolute Gasteiger partial charge is 0.407 e. The highest BCUT2D eigenvalue weighted by molar-refractivity contribution is 5.67. The van der Waals surface area contributed by atoms with Gasteiger partial charge in [-0.15, -0.1) is 0 Å². The maximum absolute atomic E-state index is 13.2. The molecule has 0 bridgehead atoms. The lowest BCUT2D eigenvalue weighted by molar-refractivity contribution is 0.0526. The molecule has 0 aliphatic rings. The second-order valence-corrected chi connectivity index (χ2v) is 6.83. The van der Waals surface area contributed by atoms with Gasteiger partial charge in [0, 0.05) is 25.4 Å². The molecule has 24 heavy (non-hydrogen) atoms. The maximum atomic E-state index is 13.2. The Morgan fingerprint density at radius 3 is 2.62 bits per heavy atom. The summed E-state index contributed by atoms with van der Waals surface area (Å²) in [5, 5.41) is 6.11. The van der Waals surface area contributed by atoms with Crippen LogP contribution in [0.2, 0.25) is 0 Å². The highest BCUT2D eigenvalue weighted by Gasteiger charge is 2.16. The van der Waals surface area contributed by atoms with Crippen molar-refractivity contribution in [3.8, 4) is 0 Å². The molecule has 0 aliphatic heterocycles. The number of amides is 1. The monoisotopic (exact) mass is 340 g/mol. The number of ether oxygens (including phenoxy) is 2. The number of alkyl carbamates (subject to hydrolysis) is 1. The van der Waals surface area contributed by atoms with Crippen LogP contribution in [0.5, 0.6) is 0 Å². The first-order valence-corrected chi connectivity index (χ1v) is 8.20. The normalized spacial score (nSPS) is 12.6. The van der Waals surface area contributed by atoms with Crippen LogP contribution in [-0.2, 0) is 9.47 Å². The summed E-state index contributed by atoms with van der Waals surface area (Å²) >= 11 is 0. The van der Waals surface area contributed by atoms with Crippen LogP contribution in [0.3, 0.4) is 0 Å². The molecule has 1 aromatic rings. The van der Waals surface area contributed by atoms with Gasteiger partial charge in [0.05, 0.1) is 6.61 Å². The van der Waals surface area contributed by atoms with Gasteiger partial charge in [0.2, 0.25) is 0 Å². The van der Waals surface area contributed by atoms with Crippen molar-refractivity contribution in [1.82, 2.24) is 5.32 Å². The molecule has 0 heterocycles. The number of hydrogen-bond acceptors (Lipinski definition) is 4. The summed E-state index contributed by atoms with van der Waals surface area (Å²) in [6, 6.07) is 4.74. The Morgan fingerprint density at radius 2 is 2.04 bits per heavy atom. The van der Waals surface area contributed by atoms with E-state index in [1.807, 2.05) is 27.7 Å². The molecule has 2 N–H and O–H groups in total. The maximum Gasteiger partial charge on any atom is 0.407 e. The summed E-state index contributed by atoms with van der Waals surface area (Å²) in [5.74, 6) is -0.247. The molecule has 1 amide bonds. The molecule has 136 valence electrons. The van der Waals surface area contributed by atoms with E-state index in [0.717, 1.165) is 24.1 Å². The van der Waals surface area contributed by atoms with Crippen molar-refractivity contribution in [2.45, 2.75) is 52.2 Å². The molecule has 1 rings (SSSR count). The molecule has 1 unspecified atom stereocenters. The Hall–Kier alpha value is -1.82. The predicted molar refractivity (Wildman–Crippen MR) is 93.9 cm³/mol. The number of benzene rings is 1. The molecular formula is C18H29FN2O3. The average Bonchev–Trinajstić information content (AvgIpc) is 2.44. The van der Waals surface area contributed by atoms with Crippen molar-refractivity contribution in [2.75, 3.05) is 25.6 Å². The van der Waals surface area contributed by atoms with E-state index in [2.05, 4.69) is 10.6 Å². The molecule has 1 atom stereocenters. The van der Waals surface area contributed by atoms with Crippen LogP contribution >= 0.6 is 0 Å². The number of carbonyl (C=O) groups is 1. The number of hydrogen-bond donors (Lipinski definition) is 2. The van der Waals surface area contributed by atoms with Gasteiger partial charge in [0.15, 0.2) is 0 Å². The molecule has 0 saturated heterocycles. The van der Waals surface area contributed by atoms with E-state index in [9.17, 15) is 9.18 Å². The lowest BCUT2D eigenvalue weighted by Gasteiger charge is -2.21. The number of rotatable bonds is 8. The van der Waals surface area contributed by atoms with Crippen LogP contribution < -0.4 is 10.6 Å². The van der Waals surface area contributed by atoms with Gasteiger partial charge in [-0.2, -0.15) is 0 Å². The SMILES string of the molecule is COCC(CCCNC(=O)OC(C)(C)C)Nc1ccc(F)cc1C. The summed E-state index contributed by atoms with van der Waals surface area (Å²) in [6.45, 7) is 8.41. The summed E-state index contributed by atoms with van der Waals surface area (Å²) in [7, 11) is 1.64. The number of anilines is 1. The number of aryl methyl sites for hydroxylation is 1. The first-order valence-electron chi connectivity index (χ1n) is 8.20. The van der Waals surface area contributed by atoms with Crippen molar-refractivity contribution in [3.63, 3.8) is 0 Å². The van der Waals surface area contributed by atoms with Gasteiger partial charge in [-0.1, -0.05) is 0 Å². The first kappa shape index (κ1) is 20.2. The predicted octanol–water partition coefficient (Wildman–Crippen LogP) is 3.87. The average molecular weight is 340 g/mol. The third-order valence-electron chi connectivity index (χ3n) is 3.31. The third-order valence-corrected chi connectivity index (χ3v) is 3.31. The highest BCUT2D eigenvalue weighted by Crippen LogP contribution is 2.18. The Morgan fingerprint density at radius 1 is 1.33 bits per heavy atom. The van der Waals surface area contributed by atoms with Crippen LogP contribution in [0.15, 0.2) is 18.2 Å². The fraction of sp³-hybridized carbons (Fsp3) is 0.611. The van der Waals surface area contributed by atoms with Gasteiger partial charge in [-0.25, -0.2) is 9.18 Å². The van der Waals surface area contributed by atoms with Crippen molar-refractivity contribution in [3.05, 3.63) is 29.6 Å². The van der Waals surface area contributed by atoms with Gasteiger partial charge >= 0.3 is 6.09 Å². The van der Waals surface area contributed by atoms with E-state index in [1.54, 1.807) is 13.2 Å². The molecule has 0 spiro atoms. The van der Waals surface area contributed by atoms with Gasteiger partial charge < -0.3 is 20.1 Å². The lowest BCUT2D eigenvalue weighted by atomic mass is 10.1. The van der Waals surface area contributed by atoms with E-state index in [-0.39, 0.29) is 11.9 Å². The zero-order valence-corrected chi connectivity index (χ0v) is 15.2. The molecule has 5 nitrogen and oxygen atoms in total. The molecule has 0 fully saturated rings. The van der Waals surface area contributed by atoms with Crippen LogP contribution in [0.4, 0.5) is 14.9 Å². The van der Waals surface area contributed by atoms with Crippen LogP contribution in [0.1, 0.15) is 39.2 Å². The number of methoxy groups -OCH3 is 1. The fourth-order valence-electron chi connectivity index (χ4n) is 2.26. The minimum Gasteiger partial charge on any atom is -0.444 e. The standard InChI is InChI=1S/C18H29FN2O3/c1-13-11-14(19)8-9-16(13)21-15(12-23-5)7-6-10-20-17(22)24-18(2,3)4/h8-9,11,15,21H,6-7,10,12H2,1-5H3,(H,20,22). The van der Waals surface area contributed by atoms with Crippen molar-refractivity contribution in [2.24, 2.45) is 0 Å². The number of nitrogens with one attached hydrogen (secondary N) is 2. The largest absolute Gasteiger partial charge is 0.444 e. The first-order chi connectivity index (χ1) is 11.2. The molecule has 0 radical (unpaired) electrons. The Balaban J connectivity index is 2.42. The summed E-state index contributed by atoms with van der Waals surface area (Å²) in [5.41, 5.74) is 1.24. The van der Waals surface area contributed by atoms with Crippen molar-refractivity contribution >= 4 is 11.8 Å². The van der Waals surface area contributed by atoms with E-state index in [1.165, 1.54) is 12.1 Å². The second kappa shape index (κ2) is 9.47. The van der Waals surface area contributed by atoms with Gasteiger partial charge in [-0.3, -0.25) is 0 Å². The molecule has 1 aromatic carbocycles. The molecule has 0 saturated carbocycles. The summed E-state index contributed by atoms with van der Waals surface area (Å²) < 4.78 is 23.6. The Labute approximate surface area is 143 Å². The lowest BCUT2D eigenvalue weighted by Crippen LogP contribution is -2.34. The Kier molecular flexibility index (Phi) is 7.98. The quantitative estimate of drug-likeness (QED) is 0.706. The van der Waals surface area contributed by atoms with Gasteiger partial charge in [0.1, 0.15) is 11.4 Å². The van der Waals surface area contributed by atoms with Crippen LogP contribution in [-0.4, -0.2) is 38.0 Å². The van der Waals surface area contributed by atoms with Gasteiger partial charge in [-0.05, 0) is 64.3 Å². The van der Waals surface area contributed by atoms with E-state index >= 15 is 0 Å². The van der Waals surface area contributed by atoms with Gasteiger partial charge in [0.25, 0.3) is 0 Å². The highest BCUT2D eigenvalue weighted by atomic mass is 19.1. The molecule has 0 aromatic heterocycles. The van der Waals surface area contributed by atoms with Crippen molar-refractivity contribution in [1.29, 1.82) is 0 Å². The zero-order chi connectivity index (χ0) is 18.2. The molecule has 0 aliphatic carbocycles. The third kappa shape index (κ3) is 8.15. The second-order valence-electron chi connectivity index (χ2n) is 6.83. The zero-order valence-electron chi connectivity index (χ0n) is 15.2. The van der Waals surface area contributed by atoms with E-state index in [4.69, 9.17) is 9.47 Å². The molecular weight excluding hydrogens is 311 g/mol. The number of halogens is 1. The van der Waals surface area contributed by atoms with E-state index < -0.39 is 11.7 Å².